The maximum absolute atomic E-state index is 14.6. The number of carboxylic acids is 1. The number of aromatic hydroxyl groups is 1. The SMILES string of the molecule is Cc1ccc(O)c(-c2cc(-c3cccc(F)c3F)cc(NCC3CCC(C(=O)O)CC3)n2)c1. The highest BCUT2D eigenvalue weighted by Gasteiger charge is 2.26. The molecule has 2 aromatic carbocycles. The summed E-state index contributed by atoms with van der Waals surface area (Å²) in [6.07, 6.45) is 2.89. The van der Waals surface area contributed by atoms with Gasteiger partial charge in [-0.1, -0.05) is 23.8 Å². The van der Waals surface area contributed by atoms with E-state index in [0.717, 1.165) is 24.5 Å². The number of nitrogens with one attached hydrogen (secondary N) is 1. The summed E-state index contributed by atoms with van der Waals surface area (Å²) in [5.74, 6) is -2.08. The molecule has 0 amide bonds. The molecule has 33 heavy (non-hydrogen) atoms. The van der Waals surface area contributed by atoms with Crippen LogP contribution in [0.1, 0.15) is 31.2 Å². The molecule has 0 unspecified atom stereocenters. The van der Waals surface area contributed by atoms with Gasteiger partial charge in [0, 0.05) is 17.7 Å². The molecule has 172 valence electrons. The van der Waals surface area contributed by atoms with Crippen molar-refractivity contribution in [2.75, 3.05) is 11.9 Å². The van der Waals surface area contributed by atoms with Crippen LogP contribution < -0.4 is 5.32 Å². The molecule has 1 aliphatic rings. The van der Waals surface area contributed by atoms with Gasteiger partial charge < -0.3 is 15.5 Å². The number of rotatable bonds is 6. The zero-order chi connectivity index (χ0) is 23.5. The van der Waals surface area contributed by atoms with Crippen molar-refractivity contribution in [3.05, 3.63) is 65.7 Å². The van der Waals surface area contributed by atoms with E-state index in [1.165, 1.54) is 12.1 Å². The van der Waals surface area contributed by atoms with Crippen molar-refractivity contribution in [3.63, 3.8) is 0 Å². The highest BCUT2D eigenvalue weighted by Crippen LogP contribution is 2.35. The average molecular weight is 453 g/mol. The van der Waals surface area contributed by atoms with Gasteiger partial charge >= 0.3 is 5.97 Å². The highest BCUT2D eigenvalue weighted by molar-refractivity contribution is 5.77. The first kappa shape index (κ1) is 22.7. The Morgan fingerprint density at radius 1 is 1.06 bits per heavy atom. The summed E-state index contributed by atoms with van der Waals surface area (Å²) in [5, 5.41) is 22.9. The van der Waals surface area contributed by atoms with E-state index in [0.29, 0.717) is 47.9 Å². The molecule has 0 saturated heterocycles. The van der Waals surface area contributed by atoms with Gasteiger partial charge in [-0.2, -0.15) is 0 Å². The van der Waals surface area contributed by atoms with Crippen LogP contribution in [0.4, 0.5) is 14.6 Å². The van der Waals surface area contributed by atoms with Gasteiger partial charge in [-0.25, -0.2) is 13.8 Å². The third-order valence-electron chi connectivity index (χ3n) is 6.28. The second-order valence-electron chi connectivity index (χ2n) is 8.69. The predicted octanol–water partition coefficient (Wildman–Crippen LogP) is 6.01. The Bertz CT molecular complexity index is 1150. The Kier molecular flexibility index (Phi) is 6.58. The molecular weight excluding hydrogens is 426 g/mol. The van der Waals surface area contributed by atoms with E-state index in [2.05, 4.69) is 10.3 Å². The monoisotopic (exact) mass is 452 g/mol. The molecule has 0 radical (unpaired) electrons. The molecule has 0 spiro atoms. The number of anilines is 1. The third kappa shape index (κ3) is 5.13. The number of pyridine rings is 1. The van der Waals surface area contributed by atoms with Gasteiger partial charge in [-0.3, -0.25) is 4.79 Å². The number of nitrogens with zero attached hydrogens (tertiary/aromatic N) is 1. The van der Waals surface area contributed by atoms with Crippen LogP contribution in [0.25, 0.3) is 22.4 Å². The Hall–Kier alpha value is -3.48. The van der Waals surface area contributed by atoms with Crippen LogP contribution in [0.15, 0.2) is 48.5 Å². The Balaban J connectivity index is 1.65. The van der Waals surface area contributed by atoms with Crippen molar-refractivity contribution in [1.29, 1.82) is 0 Å². The quantitative estimate of drug-likeness (QED) is 0.427. The predicted molar refractivity (Wildman–Crippen MR) is 123 cm³/mol. The Morgan fingerprint density at radius 2 is 1.82 bits per heavy atom. The number of phenolic OH excluding ortho intramolecular Hbond substituents is 1. The second-order valence-corrected chi connectivity index (χ2v) is 8.69. The van der Waals surface area contributed by atoms with Gasteiger partial charge in [0.1, 0.15) is 11.6 Å². The van der Waals surface area contributed by atoms with Crippen molar-refractivity contribution in [2.45, 2.75) is 32.6 Å². The Labute approximate surface area is 191 Å². The van der Waals surface area contributed by atoms with Gasteiger partial charge in [-0.15, -0.1) is 0 Å². The molecule has 3 aromatic rings. The smallest absolute Gasteiger partial charge is 0.306 e. The fourth-order valence-corrected chi connectivity index (χ4v) is 4.36. The van der Waals surface area contributed by atoms with E-state index in [1.807, 2.05) is 6.92 Å². The van der Waals surface area contributed by atoms with Gasteiger partial charge in [-0.05, 0) is 74.4 Å². The lowest BCUT2D eigenvalue weighted by Gasteiger charge is -2.26. The summed E-state index contributed by atoms with van der Waals surface area (Å²) in [6.45, 7) is 2.49. The number of aromatic nitrogens is 1. The van der Waals surface area contributed by atoms with Crippen LogP contribution in [0.3, 0.4) is 0 Å². The maximum Gasteiger partial charge on any atom is 0.306 e. The minimum absolute atomic E-state index is 0.0444. The van der Waals surface area contributed by atoms with Crippen molar-refractivity contribution >= 4 is 11.8 Å². The van der Waals surface area contributed by atoms with Crippen molar-refractivity contribution < 1.29 is 23.8 Å². The van der Waals surface area contributed by atoms with E-state index in [1.54, 1.807) is 30.3 Å². The number of carboxylic acid groups (broad SMARTS) is 1. The summed E-state index contributed by atoms with van der Waals surface area (Å²) in [6, 6.07) is 12.5. The van der Waals surface area contributed by atoms with Gasteiger partial charge in [0.25, 0.3) is 0 Å². The van der Waals surface area contributed by atoms with E-state index in [4.69, 9.17) is 0 Å². The molecule has 1 saturated carbocycles. The number of aryl methyl sites for hydroxylation is 1. The Morgan fingerprint density at radius 3 is 2.55 bits per heavy atom. The van der Waals surface area contributed by atoms with Crippen molar-refractivity contribution in [2.24, 2.45) is 11.8 Å². The maximum atomic E-state index is 14.6. The highest BCUT2D eigenvalue weighted by atomic mass is 19.2. The molecule has 4 rings (SSSR count). The lowest BCUT2D eigenvalue weighted by Crippen LogP contribution is -2.25. The van der Waals surface area contributed by atoms with E-state index in [9.17, 15) is 23.8 Å². The molecular formula is C26H26F2N2O3. The standard InChI is InChI=1S/C26H26F2N2O3/c1-15-5-10-23(31)20(11-15)22-12-18(19-3-2-4-21(27)25(19)28)13-24(30-22)29-14-16-6-8-17(9-7-16)26(32)33/h2-5,10-13,16-17,31H,6-9,14H2,1H3,(H,29,30)(H,32,33). The van der Waals surface area contributed by atoms with E-state index in [-0.39, 0.29) is 17.2 Å². The van der Waals surface area contributed by atoms with E-state index >= 15 is 0 Å². The zero-order valence-electron chi connectivity index (χ0n) is 18.3. The minimum Gasteiger partial charge on any atom is -0.507 e. The van der Waals surface area contributed by atoms with Crippen LogP contribution in [-0.4, -0.2) is 27.7 Å². The normalized spacial score (nSPS) is 18.2. The van der Waals surface area contributed by atoms with Crippen LogP contribution in [-0.2, 0) is 4.79 Å². The number of phenols is 1. The summed E-state index contributed by atoms with van der Waals surface area (Å²) < 4.78 is 28.5. The number of halogens is 2. The number of aliphatic carboxylic acids is 1. The molecule has 0 bridgehead atoms. The summed E-state index contributed by atoms with van der Waals surface area (Å²) in [7, 11) is 0. The molecule has 1 fully saturated rings. The van der Waals surface area contributed by atoms with Crippen LogP contribution in [0.2, 0.25) is 0 Å². The fourth-order valence-electron chi connectivity index (χ4n) is 4.36. The summed E-state index contributed by atoms with van der Waals surface area (Å²) in [5.41, 5.74) is 2.41. The van der Waals surface area contributed by atoms with Gasteiger partial charge in [0.2, 0.25) is 0 Å². The molecule has 0 atom stereocenters. The first-order valence-electron chi connectivity index (χ1n) is 11.0. The lowest BCUT2D eigenvalue weighted by atomic mass is 9.82. The number of benzene rings is 2. The van der Waals surface area contributed by atoms with Gasteiger partial charge in [0.15, 0.2) is 11.6 Å². The third-order valence-corrected chi connectivity index (χ3v) is 6.28. The summed E-state index contributed by atoms with van der Waals surface area (Å²) in [4.78, 5) is 15.8. The number of carbonyl (C=O) groups is 1. The lowest BCUT2D eigenvalue weighted by molar-refractivity contribution is -0.143. The zero-order valence-corrected chi connectivity index (χ0v) is 18.3. The molecule has 1 aromatic heterocycles. The molecule has 5 nitrogen and oxygen atoms in total. The minimum atomic E-state index is -0.943. The fraction of sp³-hybridized carbons (Fsp3) is 0.308. The summed E-state index contributed by atoms with van der Waals surface area (Å²) >= 11 is 0. The largest absolute Gasteiger partial charge is 0.507 e. The number of hydrogen-bond acceptors (Lipinski definition) is 4. The molecule has 3 N–H and O–H groups in total. The van der Waals surface area contributed by atoms with Gasteiger partial charge in [0.05, 0.1) is 11.6 Å². The molecule has 7 heteroatoms. The first-order chi connectivity index (χ1) is 15.8. The van der Waals surface area contributed by atoms with Crippen molar-refractivity contribution in [3.8, 4) is 28.1 Å². The second kappa shape index (κ2) is 9.57. The van der Waals surface area contributed by atoms with Crippen LogP contribution in [0, 0.1) is 30.4 Å². The number of hydrogen-bond donors (Lipinski definition) is 3. The first-order valence-corrected chi connectivity index (χ1v) is 11.0. The van der Waals surface area contributed by atoms with Crippen molar-refractivity contribution in [1.82, 2.24) is 4.98 Å². The van der Waals surface area contributed by atoms with Crippen LogP contribution >= 0.6 is 0 Å². The van der Waals surface area contributed by atoms with E-state index < -0.39 is 17.6 Å². The van der Waals surface area contributed by atoms with Crippen LogP contribution in [0.5, 0.6) is 5.75 Å². The molecule has 0 aliphatic heterocycles. The molecule has 1 aliphatic carbocycles. The molecule has 1 heterocycles. The average Bonchev–Trinajstić information content (AvgIpc) is 2.81. The topological polar surface area (TPSA) is 82.5 Å².